The first kappa shape index (κ1) is 31.2. The number of ether oxygens (including phenoxy) is 1. The van der Waals surface area contributed by atoms with E-state index in [1.165, 1.54) is 147 Å². The first-order chi connectivity index (χ1) is 15.7. The Balaban J connectivity index is 3.66. The molecule has 1 unspecified atom stereocenters. The van der Waals surface area contributed by atoms with Gasteiger partial charge in [0.05, 0.1) is 0 Å². The van der Waals surface area contributed by atoms with Crippen LogP contribution < -0.4 is 0 Å². The Hall–Kier alpha value is -0.790. The number of esters is 1. The molecule has 0 amide bonds. The van der Waals surface area contributed by atoms with Crippen LogP contribution in [-0.2, 0) is 9.53 Å². The van der Waals surface area contributed by atoms with E-state index >= 15 is 0 Å². The summed E-state index contributed by atoms with van der Waals surface area (Å²) in [6.07, 6.45) is 33.3. The van der Waals surface area contributed by atoms with Crippen LogP contribution in [0.3, 0.4) is 0 Å². The predicted molar refractivity (Wildman–Crippen MR) is 142 cm³/mol. The molecule has 0 N–H and O–H groups in total. The minimum Gasteiger partial charge on any atom is -0.459 e. The van der Waals surface area contributed by atoms with Crippen molar-refractivity contribution in [2.24, 2.45) is 0 Å². The van der Waals surface area contributed by atoms with Crippen LogP contribution in [0.15, 0.2) is 12.7 Å². The molecule has 0 bridgehead atoms. The minimum absolute atomic E-state index is 0.0951. The molecule has 0 saturated carbocycles. The van der Waals surface area contributed by atoms with E-state index in [0.29, 0.717) is 0 Å². The van der Waals surface area contributed by atoms with Crippen LogP contribution in [0.5, 0.6) is 0 Å². The fraction of sp³-hybridized carbons (Fsp3) is 0.900. The molecule has 0 spiro atoms. The third-order valence-corrected chi connectivity index (χ3v) is 6.71. The van der Waals surface area contributed by atoms with Gasteiger partial charge >= 0.3 is 5.97 Å². The van der Waals surface area contributed by atoms with Crippen molar-refractivity contribution in [2.75, 3.05) is 0 Å². The summed E-state index contributed by atoms with van der Waals surface area (Å²) in [4.78, 5) is 11.7. The number of rotatable bonds is 26. The van der Waals surface area contributed by atoms with E-state index in [1.807, 2.05) is 0 Å². The monoisotopic (exact) mass is 450 g/mol. The van der Waals surface area contributed by atoms with Gasteiger partial charge in [0.25, 0.3) is 0 Å². The maximum Gasteiger partial charge on any atom is 0.330 e. The van der Waals surface area contributed by atoms with Crippen molar-refractivity contribution in [3.05, 3.63) is 12.7 Å². The quantitative estimate of drug-likeness (QED) is 0.0744. The van der Waals surface area contributed by atoms with Gasteiger partial charge in [-0.05, 0) is 25.7 Å². The predicted octanol–water partition coefficient (Wildman–Crippen LogP) is 10.5. The molecule has 0 saturated heterocycles. The molecule has 0 aliphatic carbocycles. The maximum atomic E-state index is 11.7. The normalized spacial score (nSPS) is 12.1. The van der Waals surface area contributed by atoms with Crippen molar-refractivity contribution in [3.63, 3.8) is 0 Å². The van der Waals surface area contributed by atoms with Gasteiger partial charge in [-0.2, -0.15) is 0 Å². The van der Waals surface area contributed by atoms with Crippen molar-refractivity contribution in [1.29, 1.82) is 0 Å². The average Bonchev–Trinajstić information content (AvgIpc) is 2.80. The second kappa shape index (κ2) is 26.5. The summed E-state index contributed by atoms with van der Waals surface area (Å²) in [5, 5.41) is 0. The van der Waals surface area contributed by atoms with Crippen molar-refractivity contribution in [1.82, 2.24) is 0 Å². The lowest BCUT2D eigenvalue weighted by Gasteiger charge is -2.17. The number of carbonyl (C=O) groups is 1. The van der Waals surface area contributed by atoms with Gasteiger partial charge < -0.3 is 4.74 Å². The molecular weight excluding hydrogens is 392 g/mol. The molecule has 2 nitrogen and oxygen atoms in total. The molecular formula is C30H58O2. The van der Waals surface area contributed by atoms with E-state index in [1.54, 1.807) is 0 Å². The van der Waals surface area contributed by atoms with E-state index in [9.17, 15) is 4.79 Å². The molecule has 0 fully saturated rings. The Labute approximate surface area is 202 Å². The van der Waals surface area contributed by atoms with E-state index in [0.717, 1.165) is 12.8 Å². The Morgan fingerprint density at radius 3 is 1.12 bits per heavy atom. The Bertz CT molecular complexity index is 390. The van der Waals surface area contributed by atoms with Crippen LogP contribution in [0.4, 0.5) is 0 Å². The highest BCUT2D eigenvalue weighted by Crippen LogP contribution is 2.18. The van der Waals surface area contributed by atoms with Crippen LogP contribution >= 0.6 is 0 Å². The van der Waals surface area contributed by atoms with Crippen molar-refractivity contribution in [3.8, 4) is 0 Å². The van der Waals surface area contributed by atoms with Gasteiger partial charge in [0.15, 0.2) is 0 Å². The summed E-state index contributed by atoms with van der Waals surface area (Å²) in [7, 11) is 0. The second-order valence-corrected chi connectivity index (χ2v) is 9.91. The van der Waals surface area contributed by atoms with Gasteiger partial charge in [-0.3, -0.25) is 0 Å². The molecule has 1 atom stereocenters. The molecule has 0 aromatic rings. The third-order valence-electron chi connectivity index (χ3n) is 6.71. The Kier molecular flexibility index (Phi) is 25.8. The first-order valence-electron chi connectivity index (χ1n) is 14.6. The van der Waals surface area contributed by atoms with E-state index in [-0.39, 0.29) is 12.1 Å². The highest BCUT2D eigenvalue weighted by atomic mass is 16.5. The van der Waals surface area contributed by atoms with Crippen LogP contribution in [-0.4, -0.2) is 12.1 Å². The first-order valence-corrected chi connectivity index (χ1v) is 14.6. The Morgan fingerprint density at radius 2 is 0.844 bits per heavy atom. The largest absolute Gasteiger partial charge is 0.459 e. The molecule has 190 valence electrons. The smallest absolute Gasteiger partial charge is 0.330 e. The molecule has 0 aromatic carbocycles. The molecule has 0 aliphatic heterocycles. The summed E-state index contributed by atoms with van der Waals surface area (Å²) in [5.74, 6) is -0.249. The summed E-state index contributed by atoms with van der Waals surface area (Å²) in [6, 6.07) is 0. The van der Waals surface area contributed by atoms with Crippen LogP contribution in [0, 0.1) is 0 Å². The summed E-state index contributed by atoms with van der Waals surface area (Å²) in [5.41, 5.74) is 0. The molecule has 0 aliphatic rings. The van der Waals surface area contributed by atoms with E-state index < -0.39 is 0 Å². The summed E-state index contributed by atoms with van der Waals surface area (Å²) in [6.45, 7) is 8.12. The highest BCUT2D eigenvalue weighted by molar-refractivity contribution is 5.81. The molecule has 32 heavy (non-hydrogen) atoms. The number of unbranched alkanes of at least 4 members (excludes halogenated alkanes) is 20. The second-order valence-electron chi connectivity index (χ2n) is 9.91. The van der Waals surface area contributed by atoms with Crippen LogP contribution in [0.2, 0.25) is 0 Å². The molecule has 2 heteroatoms. The topological polar surface area (TPSA) is 26.3 Å². The zero-order chi connectivity index (χ0) is 23.5. The van der Waals surface area contributed by atoms with Crippen molar-refractivity contribution in [2.45, 2.75) is 174 Å². The lowest BCUT2D eigenvalue weighted by Crippen LogP contribution is -2.16. The Morgan fingerprint density at radius 1 is 0.562 bits per heavy atom. The van der Waals surface area contributed by atoms with E-state index in [4.69, 9.17) is 4.74 Å². The number of hydrogen-bond acceptors (Lipinski definition) is 2. The fourth-order valence-corrected chi connectivity index (χ4v) is 4.55. The number of hydrogen-bond donors (Lipinski definition) is 0. The zero-order valence-corrected chi connectivity index (χ0v) is 22.1. The molecule has 0 radical (unpaired) electrons. The van der Waals surface area contributed by atoms with Gasteiger partial charge in [0, 0.05) is 6.08 Å². The summed E-state index contributed by atoms with van der Waals surface area (Å²) < 4.78 is 5.63. The van der Waals surface area contributed by atoms with Crippen molar-refractivity contribution >= 4 is 5.97 Å². The summed E-state index contributed by atoms with van der Waals surface area (Å²) >= 11 is 0. The van der Waals surface area contributed by atoms with Crippen LogP contribution in [0.1, 0.15) is 168 Å². The fourth-order valence-electron chi connectivity index (χ4n) is 4.55. The molecule has 0 rings (SSSR count). The number of carbonyl (C=O) groups excluding carboxylic acids is 1. The minimum atomic E-state index is -0.249. The van der Waals surface area contributed by atoms with Crippen molar-refractivity contribution < 1.29 is 9.53 Å². The van der Waals surface area contributed by atoms with Gasteiger partial charge in [-0.1, -0.05) is 149 Å². The lowest BCUT2D eigenvalue weighted by atomic mass is 10.0. The highest BCUT2D eigenvalue weighted by Gasteiger charge is 2.12. The van der Waals surface area contributed by atoms with Crippen LogP contribution in [0.25, 0.3) is 0 Å². The third kappa shape index (κ3) is 23.9. The van der Waals surface area contributed by atoms with Gasteiger partial charge in [0.1, 0.15) is 6.10 Å². The average molecular weight is 451 g/mol. The van der Waals surface area contributed by atoms with Gasteiger partial charge in [-0.15, -0.1) is 0 Å². The SMILES string of the molecule is C=CC(=O)OC(CCCCCCCCCCCC)CCCCCCCCCCCCCC. The molecule has 0 heterocycles. The standard InChI is InChI=1S/C30H58O2/c1-4-7-9-11-13-15-17-18-20-22-24-26-28-29(32-30(31)6-3)27-25-23-21-19-16-14-12-10-8-5-2/h6,29H,3-5,7-28H2,1-2H3. The van der Waals surface area contributed by atoms with Gasteiger partial charge in [-0.25, -0.2) is 4.79 Å². The van der Waals surface area contributed by atoms with E-state index in [2.05, 4.69) is 20.4 Å². The zero-order valence-electron chi connectivity index (χ0n) is 22.1. The molecule has 0 aromatic heterocycles. The lowest BCUT2D eigenvalue weighted by molar-refractivity contribution is -0.143. The maximum absolute atomic E-state index is 11.7. The van der Waals surface area contributed by atoms with Gasteiger partial charge in [0.2, 0.25) is 0 Å².